The van der Waals surface area contributed by atoms with Gasteiger partial charge in [-0.3, -0.25) is 5.43 Å². The quantitative estimate of drug-likeness (QED) is 0.661. The summed E-state index contributed by atoms with van der Waals surface area (Å²) in [6.07, 6.45) is 0. The van der Waals surface area contributed by atoms with E-state index in [0.717, 1.165) is 0 Å². The van der Waals surface area contributed by atoms with Crippen molar-refractivity contribution >= 4 is 35.1 Å². The number of nitrogens with two attached hydrogens (primary N) is 1. The molecule has 106 valence electrons. The van der Waals surface area contributed by atoms with E-state index < -0.39 is 0 Å². The van der Waals surface area contributed by atoms with E-state index in [4.69, 9.17) is 33.8 Å². The third-order valence-corrected chi connectivity index (χ3v) is 2.77. The van der Waals surface area contributed by atoms with Crippen molar-refractivity contribution in [3.05, 3.63) is 28.2 Å². The molecule has 0 amide bonds. The monoisotopic (exact) mass is 314 g/mol. The van der Waals surface area contributed by atoms with Gasteiger partial charge in [0.15, 0.2) is 5.75 Å². The number of anilines is 2. The maximum absolute atomic E-state index is 6.02. The Kier molecular flexibility index (Phi) is 4.43. The molecule has 20 heavy (non-hydrogen) atoms. The number of nitrogens with zero attached hydrogens (tertiary/aromatic N) is 4. The summed E-state index contributed by atoms with van der Waals surface area (Å²) in [5.74, 6) is 6.22. The van der Waals surface area contributed by atoms with E-state index in [1.54, 1.807) is 37.2 Å². The topological polar surface area (TPSA) is 89.2 Å². The van der Waals surface area contributed by atoms with Gasteiger partial charge in [-0.25, -0.2) is 5.84 Å². The fraction of sp³-hybridized carbons (Fsp3) is 0.182. The largest absolute Gasteiger partial charge is 0.422 e. The molecule has 2 rings (SSSR count). The molecule has 0 saturated heterocycles. The number of hydrogen-bond acceptors (Lipinski definition) is 7. The molecule has 9 heteroatoms. The fourth-order valence-electron chi connectivity index (χ4n) is 1.31. The van der Waals surface area contributed by atoms with Crippen LogP contribution >= 0.6 is 23.2 Å². The van der Waals surface area contributed by atoms with Gasteiger partial charge >= 0.3 is 6.01 Å². The predicted octanol–water partition coefficient (Wildman–Crippen LogP) is 2.32. The Bertz CT molecular complexity index is 622. The molecule has 0 aliphatic carbocycles. The molecule has 1 heterocycles. The lowest BCUT2D eigenvalue weighted by Gasteiger charge is -2.13. The summed E-state index contributed by atoms with van der Waals surface area (Å²) in [6, 6.07) is 4.90. The van der Waals surface area contributed by atoms with Gasteiger partial charge in [0, 0.05) is 25.2 Å². The van der Waals surface area contributed by atoms with Crippen LogP contribution in [-0.2, 0) is 0 Å². The number of rotatable bonds is 4. The molecule has 7 nitrogen and oxygen atoms in total. The number of nitrogens with one attached hydrogen (secondary N) is 1. The molecule has 1 aromatic carbocycles. The molecule has 0 fully saturated rings. The molecule has 0 atom stereocenters. The van der Waals surface area contributed by atoms with Gasteiger partial charge in [-0.05, 0) is 12.1 Å². The van der Waals surface area contributed by atoms with Crippen molar-refractivity contribution in [2.75, 3.05) is 24.4 Å². The van der Waals surface area contributed by atoms with E-state index in [9.17, 15) is 0 Å². The average molecular weight is 315 g/mol. The molecule has 2 aromatic rings. The van der Waals surface area contributed by atoms with Gasteiger partial charge in [-0.1, -0.05) is 23.2 Å². The summed E-state index contributed by atoms with van der Waals surface area (Å²) >= 11 is 11.9. The molecule has 0 radical (unpaired) electrons. The highest BCUT2D eigenvalue weighted by Gasteiger charge is 2.11. The zero-order valence-electron chi connectivity index (χ0n) is 10.8. The second kappa shape index (κ2) is 6.08. The van der Waals surface area contributed by atoms with Crippen molar-refractivity contribution in [2.24, 2.45) is 5.84 Å². The summed E-state index contributed by atoms with van der Waals surface area (Å²) in [7, 11) is 3.57. The van der Waals surface area contributed by atoms with Crippen LogP contribution < -0.4 is 20.9 Å². The number of benzene rings is 1. The summed E-state index contributed by atoms with van der Waals surface area (Å²) in [5, 5.41) is 0.881. The summed E-state index contributed by atoms with van der Waals surface area (Å²) in [6.45, 7) is 0. The second-order valence-electron chi connectivity index (χ2n) is 3.96. The molecule has 0 aliphatic heterocycles. The Morgan fingerprint density at radius 2 is 1.95 bits per heavy atom. The lowest BCUT2D eigenvalue weighted by Crippen LogP contribution is -2.17. The molecule has 0 bridgehead atoms. The number of hydrogen-bond donors (Lipinski definition) is 2. The summed E-state index contributed by atoms with van der Waals surface area (Å²) in [5.41, 5.74) is 2.35. The molecule has 0 spiro atoms. The van der Waals surface area contributed by atoms with Crippen LogP contribution in [0, 0.1) is 0 Å². The van der Waals surface area contributed by atoms with Gasteiger partial charge in [0.2, 0.25) is 11.9 Å². The van der Waals surface area contributed by atoms with E-state index in [-0.39, 0.29) is 12.0 Å². The molecule has 3 N–H and O–H groups in total. The van der Waals surface area contributed by atoms with Crippen molar-refractivity contribution in [1.29, 1.82) is 0 Å². The fourth-order valence-corrected chi connectivity index (χ4v) is 1.63. The van der Waals surface area contributed by atoms with Gasteiger partial charge in [0.1, 0.15) is 0 Å². The zero-order chi connectivity index (χ0) is 14.7. The first-order chi connectivity index (χ1) is 9.49. The predicted molar refractivity (Wildman–Crippen MR) is 78.5 cm³/mol. The first-order valence-corrected chi connectivity index (χ1v) is 6.28. The van der Waals surface area contributed by atoms with Crippen molar-refractivity contribution in [1.82, 2.24) is 15.0 Å². The van der Waals surface area contributed by atoms with E-state index in [0.29, 0.717) is 21.7 Å². The maximum Gasteiger partial charge on any atom is 0.328 e. The van der Waals surface area contributed by atoms with Crippen molar-refractivity contribution in [2.45, 2.75) is 0 Å². The van der Waals surface area contributed by atoms with Gasteiger partial charge in [-0.15, -0.1) is 0 Å². The van der Waals surface area contributed by atoms with E-state index >= 15 is 0 Å². The van der Waals surface area contributed by atoms with Gasteiger partial charge in [0.05, 0.1) is 5.02 Å². The second-order valence-corrected chi connectivity index (χ2v) is 4.80. The molecule has 0 unspecified atom stereocenters. The number of nitrogen functional groups attached to an aromatic ring is 1. The molecule has 0 saturated carbocycles. The third-order valence-electron chi connectivity index (χ3n) is 2.23. The van der Waals surface area contributed by atoms with Gasteiger partial charge in [-0.2, -0.15) is 15.0 Å². The lowest BCUT2D eigenvalue weighted by molar-refractivity contribution is 0.441. The normalized spacial score (nSPS) is 10.2. The van der Waals surface area contributed by atoms with Crippen LogP contribution in [-0.4, -0.2) is 29.0 Å². The number of hydrazine groups is 1. The molecule has 1 aromatic heterocycles. The SMILES string of the molecule is CN(C)c1nc(NN)nc(Oc2cc(Cl)ccc2Cl)n1. The minimum atomic E-state index is 0.0563. The highest BCUT2D eigenvalue weighted by Crippen LogP contribution is 2.31. The Morgan fingerprint density at radius 3 is 2.60 bits per heavy atom. The molecular weight excluding hydrogens is 303 g/mol. The number of halogens is 2. The van der Waals surface area contributed by atoms with E-state index in [2.05, 4.69) is 20.4 Å². The van der Waals surface area contributed by atoms with Gasteiger partial charge in [0.25, 0.3) is 0 Å². The van der Waals surface area contributed by atoms with Crippen LogP contribution in [0.5, 0.6) is 11.8 Å². The van der Waals surface area contributed by atoms with Crippen LogP contribution in [0.25, 0.3) is 0 Å². The smallest absolute Gasteiger partial charge is 0.328 e. The lowest BCUT2D eigenvalue weighted by atomic mass is 10.3. The van der Waals surface area contributed by atoms with Crippen LogP contribution in [0.1, 0.15) is 0 Å². The van der Waals surface area contributed by atoms with Crippen molar-refractivity contribution in [3.63, 3.8) is 0 Å². The first kappa shape index (κ1) is 14.6. The first-order valence-electron chi connectivity index (χ1n) is 5.52. The van der Waals surface area contributed by atoms with Crippen LogP contribution in [0.15, 0.2) is 18.2 Å². The summed E-state index contributed by atoms with van der Waals surface area (Å²) in [4.78, 5) is 13.9. The Labute approximate surface area is 125 Å². The minimum absolute atomic E-state index is 0.0563. The third kappa shape index (κ3) is 3.38. The number of ether oxygens (including phenoxy) is 1. The van der Waals surface area contributed by atoms with Crippen molar-refractivity contribution < 1.29 is 4.74 Å². The van der Waals surface area contributed by atoms with E-state index in [1.165, 1.54) is 0 Å². The highest BCUT2D eigenvalue weighted by molar-refractivity contribution is 6.34. The molecule has 0 aliphatic rings. The number of aromatic nitrogens is 3. The van der Waals surface area contributed by atoms with Crippen LogP contribution in [0.3, 0.4) is 0 Å². The highest BCUT2D eigenvalue weighted by atomic mass is 35.5. The van der Waals surface area contributed by atoms with E-state index in [1.807, 2.05) is 0 Å². The Morgan fingerprint density at radius 1 is 1.20 bits per heavy atom. The van der Waals surface area contributed by atoms with Gasteiger partial charge < -0.3 is 9.64 Å². The zero-order valence-corrected chi connectivity index (χ0v) is 12.3. The average Bonchev–Trinajstić information content (AvgIpc) is 2.42. The van der Waals surface area contributed by atoms with Crippen LogP contribution in [0.4, 0.5) is 11.9 Å². The van der Waals surface area contributed by atoms with Crippen molar-refractivity contribution in [3.8, 4) is 11.8 Å². The standard InChI is InChI=1S/C11H12Cl2N6O/c1-19(2)10-15-9(18-14)16-11(17-10)20-8-5-6(12)3-4-7(8)13/h3-5H,14H2,1-2H3,(H,15,16,17,18). The molecular formula is C11H12Cl2N6O. The Balaban J connectivity index is 2.37. The summed E-state index contributed by atoms with van der Waals surface area (Å²) < 4.78 is 5.52. The van der Waals surface area contributed by atoms with Crippen LogP contribution in [0.2, 0.25) is 10.0 Å². The Hall–Kier alpha value is -1.83. The maximum atomic E-state index is 6.02. The minimum Gasteiger partial charge on any atom is -0.422 e.